The largest absolute Gasteiger partial charge is 0.397 e. The van der Waals surface area contributed by atoms with Crippen molar-refractivity contribution in [1.29, 1.82) is 0 Å². The molecular formula is C15H19N3OS. The minimum Gasteiger partial charge on any atom is -0.397 e. The number of hydrogen-bond acceptors (Lipinski definition) is 4. The number of amides is 1. The van der Waals surface area contributed by atoms with Crippen molar-refractivity contribution in [3.8, 4) is 0 Å². The normalized spacial score (nSPS) is 16.4. The van der Waals surface area contributed by atoms with Gasteiger partial charge in [-0.05, 0) is 38.2 Å². The Morgan fingerprint density at radius 1 is 1.50 bits per heavy atom. The average molecular weight is 289 g/mol. The van der Waals surface area contributed by atoms with E-state index in [0.717, 1.165) is 28.0 Å². The molecule has 2 aromatic rings. The van der Waals surface area contributed by atoms with Gasteiger partial charge in [0.2, 0.25) is 0 Å². The number of pyridine rings is 1. The molecule has 106 valence electrons. The number of aromatic nitrogens is 1. The zero-order valence-electron chi connectivity index (χ0n) is 12.0. The summed E-state index contributed by atoms with van der Waals surface area (Å²) in [6.07, 6.45) is 2.38. The van der Waals surface area contributed by atoms with Crippen LogP contribution in [0.15, 0.2) is 6.07 Å². The van der Waals surface area contributed by atoms with Gasteiger partial charge >= 0.3 is 0 Å². The maximum Gasteiger partial charge on any atom is 0.263 e. The Morgan fingerprint density at radius 3 is 2.85 bits per heavy atom. The Labute approximate surface area is 122 Å². The predicted octanol–water partition coefficient (Wildman–Crippen LogP) is 3.03. The molecule has 4 nitrogen and oxygen atoms in total. The van der Waals surface area contributed by atoms with Crippen LogP contribution in [-0.4, -0.2) is 17.4 Å². The van der Waals surface area contributed by atoms with Crippen LogP contribution in [0.25, 0.3) is 10.1 Å². The van der Waals surface area contributed by atoms with Gasteiger partial charge in [-0.25, -0.2) is 0 Å². The van der Waals surface area contributed by atoms with Crippen LogP contribution in [0.1, 0.15) is 40.8 Å². The first-order valence-corrected chi connectivity index (χ1v) is 7.66. The number of rotatable bonds is 3. The molecule has 1 aliphatic carbocycles. The van der Waals surface area contributed by atoms with Crippen LogP contribution in [-0.2, 0) is 0 Å². The number of nitrogens with two attached hydrogens (primary N) is 1. The van der Waals surface area contributed by atoms with Crippen LogP contribution in [0, 0.1) is 19.3 Å². The average Bonchev–Trinajstić information content (AvgIpc) is 3.01. The van der Waals surface area contributed by atoms with Crippen LogP contribution >= 0.6 is 11.3 Å². The lowest BCUT2D eigenvalue weighted by atomic mass is 10.1. The third kappa shape index (κ3) is 2.26. The lowest BCUT2D eigenvalue weighted by molar-refractivity contribution is 0.0951. The number of thiophene rings is 1. The van der Waals surface area contributed by atoms with Crippen LogP contribution < -0.4 is 11.1 Å². The van der Waals surface area contributed by atoms with Gasteiger partial charge in [-0.3, -0.25) is 9.78 Å². The van der Waals surface area contributed by atoms with E-state index >= 15 is 0 Å². The zero-order valence-corrected chi connectivity index (χ0v) is 12.9. The number of nitrogens with one attached hydrogen (secondary N) is 1. The van der Waals surface area contributed by atoms with Gasteiger partial charge in [0.1, 0.15) is 4.88 Å². The minimum atomic E-state index is -0.0612. The topological polar surface area (TPSA) is 68.0 Å². The molecule has 1 fully saturated rings. The van der Waals surface area contributed by atoms with Gasteiger partial charge in [-0.15, -0.1) is 11.3 Å². The summed E-state index contributed by atoms with van der Waals surface area (Å²) in [6, 6.07) is 1.99. The number of carbonyl (C=O) groups excluding carboxylic acids is 1. The Hall–Kier alpha value is -1.62. The molecule has 0 bridgehead atoms. The van der Waals surface area contributed by atoms with Crippen LogP contribution in [0.5, 0.6) is 0 Å². The molecule has 0 radical (unpaired) electrons. The van der Waals surface area contributed by atoms with E-state index < -0.39 is 0 Å². The Bertz CT molecular complexity index is 701. The Balaban J connectivity index is 1.93. The quantitative estimate of drug-likeness (QED) is 0.912. The van der Waals surface area contributed by atoms with Gasteiger partial charge < -0.3 is 11.1 Å². The highest BCUT2D eigenvalue weighted by molar-refractivity contribution is 7.21. The number of hydrogen-bond donors (Lipinski definition) is 2. The highest BCUT2D eigenvalue weighted by Crippen LogP contribution is 2.44. The standard InChI is InChI=1S/C15H19N3OS/c1-8-6-10-11(9(2)18-8)12(16)13(20-10)14(19)17-7-15(3)4-5-15/h6H,4-5,7,16H2,1-3H3,(H,17,19). The van der Waals surface area contributed by atoms with E-state index in [1.807, 2.05) is 19.9 Å². The van der Waals surface area contributed by atoms with Crippen molar-refractivity contribution in [2.45, 2.75) is 33.6 Å². The van der Waals surface area contributed by atoms with Crippen molar-refractivity contribution in [3.63, 3.8) is 0 Å². The number of anilines is 1. The van der Waals surface area contributed by atoms with E-state index in [-0.39, 0.29) is 5.91 Å². The molecule has 3 N–H and O–H groups in total. The first kappa shape index (κ1) is 13.4. The molecule has 0 unspecified atom stereocenters. The number of aryl methyl sites for hydroxylation is 2. The smallest absolute Gasteiger partial charge is 0.263 e. The van der Waals surface area contributed by atoms with Crippen LogP contribution in [0.2, 0.25) is 0 Å². The van der Waals surface area contributed by atoms with Gasteiger partial charge in [0, 0.05) is 28.0 Å². The molecule has 0 spiro atoms. The third-order valence-electron chi connectivity index (χ3n) is 4.00. The van der Waals surface area contributed by atoms with Crippen LogP contribution in [0.3, 0.4) is 0 Å². The highest BCUT2D eigenvalue weighted by Gasteiger charge is 2.37. The molecular weight excluding hydrogens is 270 g/mol. The fraction of sp³-hybridized carbons (Fsp3) is 0.467. The molecule has 0 aromatic carbocycles. The maximum absolute atomic E-state index is 12.3. The van der Waals surface area contributed by atoms with Crippen LogP contribution in [0.4, 0.5) is 5.69 Å². The fourth-order valence-electron chi connectivity index (χ4n) is 2.41. The first-order chi connectivity index (χ1) is 9.39. The molecule has 1 amide bonds. The maximum atomic E-state index is 12.3. The summed E-state index contributed by atoms with van der Waals surface area (Å²) in [5.41, 5.74) is 8.86. The second-order valence-electron chi connectivity index (χ2n) is 6.06. The van der Waals surface area contributed by atoms with Gasteiger partial charge in [0.15, 0.2) is 0 Å². The SMILES string of the molecule is Cc1cc2sc(C(=O)NCC3(C)CC3)c(N)c2c(C)n1. The molecule has 2 aromatic heterocycles. The summed E-state index contributed by atoms with van der Waals surface area (Å²) in [6.45, 7) is 6.82. The summed E-state index contributed by atoms with van der Waals surface area (Å²) in [7, 11) is 0. The lowest BCUT2D eigenvalue weighted by Crippen LogP contribution is -2.28. The molecule has 5 heteroatoms. The number of nitrogen functional groups attached to an aromatic ring is 1. The second kappa shape index (κ2) is 4.45. The van der Waals surface area contributed by atoms with E-state index in [9.17, 15) is 4.79 Å². The summed E-state index contributed by atoms with van der Waals surface area (Å²) >= 11 is 1.45. The van der Waals surface area contributed by atoms with E-state index in [1.165, 1.54) is 24.2 Å². The van der Waals surface area contributed by atoms with Crippen molar-refractivity contribution in [2.24, 2.45) is 5.41 Å². The molecule has 3 rings (SSSR count). The molecule has 0 atom stereocenters. The Morgan fingerprint density at radius 2 is 2.20 bits per heavy atom. The van der Waals surface area contributed by atoms with E-state index in [2.05, 4.69) is 17.2 Å². The Kier molecular flexibility index (Phi) is 2.97. The minimum absolute atomic E-state index is 0.0612. The van der Waals surface area contributed by atoms with Crippen molar-refractivity contribution in [1.82, 2.24) is 10.3 Å². The van der Waals surface area contributed by atoms with Crippen molar-refractivity contribution < 1.29 is 4.79 Å². The summed E-state index contributed by atoms with van der Waals surface area (Å²) in [4.78, 5) is 17.3. The van der Waals surface area contributed by atoms with Gasteiger partial charge in [-0.1, -0.05) is 6.92 Å². The summed E-state index contributed by atoms with van der Waals surface area (Å²) in [5.74, 6) is -0.0612. The van der Waals surface area contributed by atoms with Gasteiger partial charge in [-0.2, -0.15) is 0 Å². The zero-order chi connectivity index (χ0) is 14.5. The van der Waals surface area contributed by atoms with Crippen molar-refractivity contribution in [3.05, 3.63) is 22.3 Å². The van der Waals surface area contributed by atoms with Crippen molar-refractivity contribution in [2.75, 3.05) is 12.3 Å². The molecule has 0 saturated heterocycles. The first-order valence-electron chi connectivity index (χ1n) is 6.84. The predicted molar refractivity (Wildman–Crippen MR) is 83.2 cm³/mol. The molecule has 2 heterocycles. The lowest BCUT2D eigenvalue weighted by Gasteiger charge is -2.09. The monoisotopic (exact) mass is 289 g/mol. The number of nitrogens with zero attached hydrogens (tertiary/aromatic N) is 1. The van der Waals surface area contributed by atoms with E-state index in [0.29, 0.717) is 16.0 Å². The molecule has 1 aliphatic rings. The number of fused-ring (bicyclic) bond motifs is 1. The van der Waals surface area contributed by atoms with Crippen molar-refractivity contribution >= 4 is 33.0 Å². The van der Waals surface area contributed by atoms with E-state index in [4.69, 9.17) is 5.73 Å². The highest BCUT2D eigenvalue weighted by atomic mass is 32.1. The number of carbonyl (C=O) groups is 1. The van der Waals surface area contributed by atoms with Gasteiger partial charge in [0.05, 0.1) is 5.69 Å². The van der Waals surface area contributed by atoms with E-state index in [1.54, 1.807) is 0 Å². The molecule has 20 heavy (non-hydrogen) atoms. The molecule has 1 saturated carbocycles. The second-order valence-corrected chi connectivity index (χ2v) is 7.11. The molecule has 0 aliphatic heterocycles. The third-order valence-corrected chi connectivity index (χ3v) is 5.16. The van der Waals surface area contributed by atoms with Gasteiger partial charge in [0.25, 0.3) is 5.91 Å². The summed E-state index contributed by atoms with van der Waals surface area (Å²) < 4.78 is 1.04. The fourth-order valence-corrected chi connectivity index (χ4v) is 3.60. The summed E-state index contributed by atoms with van der Waals surface area (Å²) in [5, 5.41) is 3.93.